The summed E-state index contributed by atoms with van der Waals surface area (Å²) in [6.45, 7) is 14.4. The average molecular weight is 300 g/mol. The van der Waals surface area contributed by atoms with Crippen LogP contribution in [0.2, 0.25) is 0 Å². The molecule has 0 aliphatic rings. The second-order valence-corrected chi connectivity index (χ2v) is 8.31. The summed E-state index contributed by atoms with van der Waals surface area (Å²) in [5.41, 5.74) is 0.283. The Bertz CT molecular complexity index is 574. The van der Waals surface area contributed by atoms with E-state index in [2.05, 4.69) is 53.7 Å². The van der Waals surface area contributed by atoms with E-state index < -0.39 is 0 Å². The van der Waals surface area contributed by atoms with Crippen LogP contribution in [0, 0.1) is 10.8 Å². The number of rotatable bonds is 4. The Hall–Kier alpha value is -1.70. The van der Waals surface area contributed by atoms with E-state index in [0.717, 1.165) is 22.3 Å². The van der Waals surface area contributed by atoms with Crippen LogP contribution in [-0.4, -0.2) is 13.2 Å². The van der Waals surface area contributed by atoms with Crippen molar-refractivity contribution in [2.75, 3.05) is 13.2 Å². The first-order valence-corrected chi connectivity index (χ1v) is 7.93. The molecule has 0 unspecified atom stereocenters. The highest BCUT2D eigenvalue weighted by Gasteiger charge is 2.15. The van der Waals surface area contributed by atoms with Crippen molar-refractivity contribution < 1.29 is 9.47 Å². The molecule has 0 spiro atoms. The largest absolute Gasteiger partial charge is 0.492 e. The summed E-state index contributed by atoms with van der Waals surface area (Å²) >= 11 is 0. The maximum absolute atomic E-state index is 6.03. The lowest BCUT2D eigenvalue weighted by atomic mass is 9.98. The van der Waals surface area contributed by atoms with Gasteiger partial charge in [0, 0.05) is 10.8 Å². The Morgan fingerprint density at radius 3 is 1.32 bits per heavy atom. The molecule has 0 heterocycles. The Balaban J connectivity index is 2.30. The summed E-state index contributed by atoms with van der Waals surface area (Å²) in [5, 5.41) is 2.22. The molecule has 2 nitrogen and oxygen atoms in total. The zero-order valence-corrected chi connectivity index (χ0v) is 14.7. The monoisotopic (exact) mass is 300 g/mol. The quantitative estimate of drug-likeness (QED) is 0.722. The van der Waals surface area contributed by atoms with Crippen LogP contribution in [0.4, 0.5) is 0 Å². The topological polar surface area (TPSA) is 18.5 Å². The normalized spacial score (nSPS) is 12.5. The van der Waals surface area contributed by atoms with Gasteiger partial charge in [-0.05, 0) is 23.0 Å². The molecular formula is C20H28O2. The van der Waals surface area contributed by atoms with Crippen LogP contribution in [0.3, 0.4) is 0 Å². The lowest BCUT2D eigenvalue weighted by Gasteiger charge is -2.22. The summed E-state index contributed by atoms with van der Waals surface area (Å²) in [6, 6.07) is 12.3. The number of ether oxygens (including phenoxy) is 2. The summed E-state index contributed by atoms with van der Waals surface area (Å²) in [4.78, 5) is 0. The Kier molecular flexibility index (Phi) is 4.69. The Morgan fingerprint density at radius 2 is 1.00 bits per heavy atom. The molecule has 0 amide bonds. The van der Waals surface area contributed by atoms with Gasteiger partial charge >= 0.3 is 0 Å². The van der Waals surface area contributed by atoms with E-state index in [1.807, 2.05) is 24.3 Å². The molecule has 2 heteroatoms. The standard InChI is InChI=1S/C20H28O2/c1-19(2,3)13-21-17-11-12-18(22-14-20(4,5)6)16-10-8-7-9-15(16)17/h7-12H,13-14H2,1-6H3. The van der Waals surface area contributed by atoms with Gasteiger partial charge in [0.1, 0.15) is 11.5 Å². The predicted octanol–water partition coefficient (Wildman–Crippen LogP) is 5.69. The predicted molar refractivity (Wildman–Crippen MR) is 93.8 cm³/mol. The lowest BCUT2D eigenvalue weighted by Crippen LogP contribution is -2.17. The van der Waals surface area contributed by atoms with Crippen LogP contribution in [-0.2, 0) is 0 Å². The fraction of sp³-hybridized carbons (Fsp3) is 0.500. The van der Waals surface area contributed by atoms with Gasteiger partial charge in [-0.1, -0.05) is 65.8 Å². The number of benzene rings is 2. The molecule has 0 saturated carbocycles. The fourth-order valence-electron chi connectivity index (χ4n) is 2.08. The van der Waals surface area contributed by atoms with E-state index in [1.165, 1.54) is 0 Å². The van der Waals surface area contributed by atoms with Gasteiger partial charge in [0.2, 0.25) is 0 Å². The second-order valence-electron chi connectivity index (χ2n) is 8.31. The van der Waals surface area contributed by atoms with Crippen LogP contribution in [0.5, 0.6) is 11.5 Å². The van der Waals surface area contributed by atoms with Crippen molar-refractivity contribution in [2.24, 2.45) is 10.8 Å². The van der Waals surface area contributed by atoms with Crippen LogP contribution in [0.25, 0.3) is 10.8 Å². The molecule has 0 fully saturated rings. The van der Waals surface area contributed by atoms with Gasteiger partial charge < -0.3 is 9.47 Å². The Morgan fingerprint density at radius 1 is 0.636 bits per heavy atom. The SMILES string of the molecule is CC(C)(C)COc1ccc(OCC(C)(C)C)c2ccccc12. The first-order valence-electron chi connectivity index (χ1n) is 7.93. The minimum absolute atomic E-state index is 0.141. The second kappa shape index (κ2) is 6.20. The molecule has 22 heavy (non-hydrogen) atoms. The maximum Gasteiger partial charge on any atom is 0.127 e. The third-order valence-electron chi connectivity index (χ3n) is 3.17. The maximum atomic E-state index is 6.03. The molecule has 2 aromatic rings. The molecular weight excluding hydrogens is 272 g/mol. The van der Waals surface area contributed by atoms with Gasteiger partial charge in [-0.3, -0.25) is 0 Å². The zero-order chi connectivity index (χ0) is 16.4. The smallest absolute Gasteiger partial charge is 0.127 e. The molecule has 0 aromatic heterocycles. The Labute approximate surface area is 134 Å². The van der Waals surface area contributed by atoms with E-state index in [1.54, 1.807) is 0 Å². The first-order chi connectivity index (χ1) is 10.2. The minimum Gasteiger partial charge on any atom is -0.492 e. The molecule has 0 saturated heterocycles. The van der Waals surface area contributed by atoms with Gasteiger partial charge in [-0.25, -0.2) is 0 Å². The molecule has 0 aliphatic carbocycles. The fourth-order valence-corrected chi connectivity index (χ4v) is 2.08. The summed E-state index contributed by atoms with van der Waals surface area (Å²) < 4.78 is 12.1. The molecule has 0 N–H and O–H groups in total. The highest BCUT2D eigenvalue weighted by atomic mass is 16.5. The molecule has 0 radical (unpaired) electrons. The average Bonchev–Trinajstić information content (AvgIpc) is 2.41. The summed E-state index contributed by atoms with van der Waals surface area (Å²) in [5.74, 6) is 1.85. The van der Waals surface area contributed by atoms with Crippen LogP contribution >= 0.6 is 0 Å². The van der Waals surface area contributed by atoms with Gasteiger partial charge in [0.05, 0.1) is 13.2 Å². The van der Waals surface area contributed by atoms with Crippen molar-refractivity contribution in [2.45, 2.75) is 41.5 Å². The molecule has 2 rings (SSSR count). The van der Waals surface area contributed by atoms with Crippen LogP contribution in [0.15, 0.2) is 36.4 Å². The van der Waals surface area contributed by atoms with Crippen molar-refractivity contribution in [3.8, 4) is 11.5 Å². The number of fused-ring (bicyclic) bond motifs is 1. The molecule has 0 atom stereocenters. The third kappa shape index (κ3) is 4.66. The summed E-state index contributed by atoms with van der Waals surface area (Å²) in [7, 11) is 0. The molecule has 2 aromatic carbocycles. The molecule has 0 bridgehead atoms. The molecule has 0 aliphatic heterocycles. The lowest BCUT2D eigenvalue weighted by molar-refractivity contribution is 0.196. The van der Waals surface area contributed by atoms with E-state index in [0.29, 0.717) is 13.2 Å². The number of hydrogen-bond donors (Lipinski definition) is 0. The van der Waals surface area contributed by atoms with Crippen molar-refractivity contribution in [1.82, 2.24) is 0 Å². The van der Waals surface area contributed by atoms with Crippen molar-refractivity contribution in [3.05, 3.63) is 36.4 Å². The van der Waals surface area contributed by atoms with E-state index in [9.17, 15) is 0 Å². The highest BCUT2D eigenvalue weighted by Crippen LogP contribution is 2.34. The van der Waals surface area contributed by atoms with Crippen LogP contribution in [0.1, 0.15) is 41.5 Å². The molecule has 120 valence electrons. The number of hydrogen-bond acceptors (Lipinski definition) is 2. The van der Waals surface area contributed by atoms with Crippen molar-refractivity contribution in [3.63, 3.8) is 0 Å². The van der Waals surface area contributed by atoms with Crippen molar-refractivity contribution in [1.29, 1.82) is 0 Å². The zero-order valence-electron chi connectivity index (χ0n) is 14.7. The van der Waals surface area contributed by atoms with Gasteiger partial charge in [0.15, 0.2) is 0 Å². The van der Waals surface area contributed by atoms with E-state index in [-0.39, 0.29) is 10.8 Å². The van der Waals surface area contributed by atoms with E-state index >= 15 is 0 Å². The van der Waals surface area contributed by atoms with Gasteiger partial charge in [-0.15, -0.1) is 0 Å². The third-order valence-corrected chi connectivity index (χ3v) is 3.17. The minimum atomic E-state index is 0.141. The van der Waals surface area contributed by atoms with Crippen LogP contribution < -0.4 is 9.47 Å². The van der Waals surface area contributed by atoms with Gasteiger partial charge in [-0.2, -0.15) is 0 Å². The first kappa shape index (κ1) is 16.7. The van der Waals surface area contributed by atoms with E-state index in [4.69, 9.17) is 9.47 Å². The van der Waals surface area contributed by atoms with Crippen molar-refractivity contribution >= 4 is 10.8 Å². The summed E-state index contributed by atoms with van der Waals surface area (Å²) in [6.07, 6.45) is 0. The highest BCUT2D eigenvalue weighted by molar-refractivity contribution is 5.93. The van der Waals surface area contributed by atoms with Gasteiger partial charge in [0.25, 0.3) is 0 Å².